The van der Waals surface area contributed by atoms with Crippen LogP contribution in [-0.2, 0) is 9.59 Å². The lowest BCUT2D eigenvalue weighted by molar-refractivity contribution is -0.146. The third-order valence-corrected chi connectivity index (χ3v) is 4.41. The van der Waals surface area contributed by atoms with Crippen molar-refractivity contribution in [1.82, 2.24) is 15.5 Å². The summed E-state index contributed by atoms with van der Waals surface area (Å²) in [5, 5.41) is 8.05. The molecule has 1 aliphatic rings. The molecular weight excluding hydrogens is 274 g/mol. The number of nitrogens with one attached hydrogen (secondary N) is 2. The number of carbonyl (C=O) groups excluding carboxylic acids is 2. The highest BCUT2D eigenvalue weighted by molar-refractivity contribution is 7.10. The highest BCUT2D eigenvalue weighted by Crippen LogP contribution is 2.21. The van der Waals surface area contributed by atoms with Gasteiger partial charge in [0.1, 0.15) is 0 Å². The zero-order valence-electron chi connectivity index (χ0n) is 11.7. The zero-order chi connectivity index (χ0) is 14.4. The number of amides is 2. The summed E-state index contributed by atoms with van der Waals surface area (Å²) in [5.74, 6) is -0.907. The molecule has 2 N–H and O–H groups in total. The number of hydrogen-bond acceptors (Lipinski definition) is 4. The second kappa shape index (κ2) is 7.40. The monoisotopic (exact) mass is 295 g/mol. The van der Waals surface area contributed by atoms with Gasteiger partial charge < -0.3 is 15.5 Å². The van der Waals surface area contributed by atoms with Crippen molar-refractivity contribution in [3.05, 3.63) is 22.4 Å². The molecule has 0 aliphatic carbocycles. The Kier molecular flexibility index (Phi) is 5.55. The Labute approximate surface area is 123 Å². The van der Waals surface area contributed by atoms with Gasteiger partial charge in [0.05, 0.1) is 6.04 Å². The molecule has 0 spiro atoms. The summed E-state index contributed by atoms with van der Waals surface area (Å²) < 4.78 is 0. The van der Waals surface area contributed by atoms with Gasteiger partial charge in [0.2, 0.25) is 0 Å². The Bertz CT molecular complexity index is 439. The lowest BCUT2D eigenvalue weighted by atomic mass is 10.2. The molecule has 1 atom stereocenters. The number of nitrogens with zero attached hydrogens (tertiary/aromatic N) is 1. The number of thiophene rings is 1. The predicted octanol–water partition coefficient (Wildman–Crippen LogP) is 1.14. The first kappa shape index (κ1) is 15.0. The molecule has 1 unspecified atom stereocenters. The largest absolute Gasteiger partial charge is 0.340 e. The van der Waals surface area contributed by atoms with Crippen molar-refractivity contribution in [2.45, 2.75) is 25.8 Å². The highest BCUT2D eigenvalue weighted by atomic mass is 32.1. The van der Waals surface area contributed by atoms with Gasteiger partial charge in [0, 0.05) is 24.5 Å². The van der Waals surface area contributed by atoms with Crippen LogP contribution in [0.2, 0.25) is 0 Å². The Balaban J connectivity index is 1.94. The van der Waals surface area contributed by atoms with E-state index in [1.807, 2.05) is 24.4 Å². The summed E-state index contributed by atoms with van der Waals surface area (Å²) in [5.41, 5.74) is 0. The summed E-state index contributed by atoms with van der Waals surface area (Å²) in [6.45, 7) is 4.90. The Morgan fingerprint density at radius 2 is 2.30 bits per heavy atom. The lowest BCUT2D eigenvalue weighted by Gasteiger charge is -2.21. The maximum atomic E-state index is 12.2. The van der Waals surface area contributed by atoms with Crippen LogP contribution in [0.25, 0.3) is 0 Å². The van der Waals surface area contributed by atoms with Crippen molar-refractivity contribution in [3.63, 3.8) is 0 Å². The van der Waals surface area contributed by atoms with E-state index in [0.29, 0.717) is 13.1 Å². The SMILES string of the molecule is CCC(NC(=O)C(=O)N1CCCNCC1)c1cccs1. The molecule has 2 amide bonds. The molecule has 2 rings (SSSR count). The fourth-order valence-electron chi connectivity index (χ4n) is 2.28. The maximum Gasteiger partial charge on any atom is 0.311 e. The fraction of sp³-hybridized carbons (Fsp3) is 0.571. The van der Waals surface area contributed by atoms with Crippen LogP contribution in [0.4, 0.5) is 0 Å². The van der Waals surface area contributed by atoms with E-state index in [4.69, 9.17) is 0 Å². The molecule has 1 fully saturated rings. The normalized spacial score (nSPS) is 17.4. The topological polar surface area (TPSA) is 61.4 Å². The summed E-state index contributed by atoms with van der Waals surface area (Å²) in [6, 6.07) is 3.87. The third kappa shape index (κ3) is 3.80. The van der Waals surface area contributed by atoms with E-state index >= 15 is 0 Å². The van der Waals surface area contributed by atoms with Crippen molar-refractivity contribution in [2.24, 2.45) is 0 Å². The summed E-state index contributed by atoms with van der Waals surface area (Å²) in [7, 11) is 0. The van der Waals surface area contributed by atoms with Crippen LogP contribution in [0.5, 0.6) is 0 Å². The molecule has 0 saturated carbocycles. The van der Waals surface area contributed by atoms with E-state index in [-0.39, 0.29) is 6.04 Å². The Hall–Kier alpha value is -1.40. The van der Waals surface area contributed by atoms with E-state index in [2.05, 4.69) is 10.6 Å². The van der Waals surface area contributed by atoms with Crippen LogP contribution in [0, 0.1) is 0 Å². The summed E-state index contributed by atoms with van der Waals surface area (Å²) in [6.07, 6.45) is 1.67. The van der Waals surface area contributed by atoms with Crippen LogP contribution < -0.4 is 10.6 Å². The molecular formula is C14H21N3O2S. The molecule has 110 valence electrons. The average Bonchev–Trinajstić information content (AvgIpc) is 2.85. The first-order chi connectivity index (χ1) is 9.72. The average molecular weight is 295 g/mol. The predicted molar refractivity (Wildman–Crippen MR) is 79.6 cm³/mol. The van der Waals surface area contributed by atoms with Crippen molar-refractivity contribution in [3.8, 4) is 0 Å². The standard InChI is InChI=1S/C14H21N3O2S/c1-2-11(12-5-3-10-20-12)16-13(18)14(19)17-8-4-6-15-7-9-17/h3,5,10-11,15H,2,4,6-9H2,1H3,(H,16,18). The summed E-state index contributed by atoms with van der Waals surface area (Å²) >= 11 is 1.60. The summed E-state index contributed by atoms with van der Waals surface area (Å²) in [4.78, 5) is 27.0. The van der Waals surface area contributed by atoms with Crippen molar-refractivity contribution < 1.29 is 9.59 Å². The highest BCUT2D eigenvalue weighted by Gasteiger charge is 2.24. The van der Waals surface area contributed by atoms with Gasteiger partial charge in [-0.3, -0.25) is 9.59 Å². The molecule has 1 aromatic heterocycles. The number of carbonyl (C=O) groups is 2. The minimum Gasteiger partial charge on any atom is -0.340 e. The number of hydrogen-bond donors (Lipinski definition) is 2. The zero-order valence-corrected chi connectivity index (χ0v) is 12.5. The van der Waals surface area contributed by atoms with Gasteiger partial charge in [-0.1, -0.05) is 13.0 Å². The fourth-order valence-corrected chi connectivity index (χ4v) is 3.14. The second-order valence-corrected chi connectivity index (χ2v) is 5.82. The van der Waals surface area contributed by atoms with E-state index in [1.165, 1.54) is 0 Å². The first-order valence-corrected chi connectivity index (χ1v) is 7.94. The molecule has 0 aromatic carbocycles. The van der Waals surface area contributed by atoms with Crippen LogP contribution in [0.15, 0.2) is 17.5 Å². The second-order valence-electron chi connectivity index (χ2n) is 4.85. The minimum absolute atomic E-state index is 0.0726. The first-order valence-electron chi connectivity index (χ1n) is 7.06. The molecule has 6 heteroatoms. The van der Waals surface area contributed by atoms with Gasteiger partial charge in [-0.05, 0) is 30.8 Å². The van der Waals surface area contributed by atoms with Gasteiger partial charge in [-0.15, -0.1) is 11.3 Å². The quantitative estimate of drug-likeness (QED) is 0.822. The van der Waals surface area contributed by atoms with Crippen molar-refractivity contribution in [2.75, 3.05) is 26.2 Å². The number of rotatable bonds is 3. The molecule has 0 radical (unpaired) electrons. The Morgan fingerprint density at radius 1 is 1.45 bits per heavy atom. The van der Waals surface area contributed by atoms with Gasteiger partial charge in [-0.2, -0.15) is 0 Å². The van der Waals surface area contributed by atoms with Crippen LogP contribution >= 0.6 is 11.3 Å². The molecule has 1 saturated heterocycles. The van der Waals surface area contributed by atoms with Crippen molar-refractivity contribution >= 4 is 23.2 Å². The van der Waals surface area contributed by atoms with Gasteiger partial charge in [0.15, 0.2) is 0 Å². The molecule has 2 heterocycles. The maximum absolute atomic E-state index is 12.2. The lowest BCUT2D eigenvalue weighted by Crippen LogP contribution is -2.45. The van der Waals surface area contributed by atoms with Crippen LogP contribution in [-0.4, -0.2) is 42.9 Å². The van der Waals surface area contributed by atoms with Gasteiger partial charge in [0.25, 0.3) is 0 Å². The minimum atomic E-state index is -0.493. The van der Waals surface area contributed by atoms with E-state index in [9.17, 15) is 9.59 Å². The van der Waals surface area contributed by atoms with Crippen molar-refractivity contribution in [1.29, 1.82) is 0 Å². The molecule has 1 aliphatic heterocycles. The van der Waals surface area contributed by atoms with Gasteiger partial charge in [-0.25, -0.2) is 0 Å². The molecule has 0 bridgehead atoms. The van der Waals surface area contributed by atoms with Crippen LogP contribution in [0.3, 0.4) is 0 Å². The van der Waals surface area contributed by atoms with Gasteiger partial charge >= 0.3 is 11.8 Å². The van der Waals surface area contributed by atoms with E-state index < -0.39 is 11.8 Å². The molecule has 20 heavy (non-hydrogen) atoms. The molecule has 5 nitrogen and oxygen atoms in total. The van der Waals surface area contributed by atoms with E-state index in [1.54, 1.807) is 16.2 Å². The third-order valence-electron chi connectivity index (χ3n) is 3.42. The van der Waals surface area contributed by atoms with Crippen LogP contribution in [0.1, 0.15) is 30.7 Å². The molecule has 1 aromatic rings. The Morgan fingerprint density at radius 3 is 3.00 bits per heavy atom. The smallest absolute Gasteiger partial charge is 0.311 e. The van der Waals surface area contributed by atoms with E-state index in [0.717, 1.165) is 30.8 Å².